The molecule has 6 heteroatoms. The van der Waals surface area contributed by atoms with Crippen molar-refractivity contribution in [1.82, 2.24) is 24.7 Å². The lowest BCUT2D eigenvalue weighted by Crippen LogP contribution is -2.01. The lowest BCUT2D eigenvalue weighted by molar-refractivity contribution is 0.281. The predicted octanol–water partition coefficient (Wildman–Crippen LogP) is -0.450. The van der Waals surface area contributed by atoms with Gasteiger partial charge in [-0.2, -0.15) is 9.78 Å². The van der Waals surface area contributed by atoms with E-state index in [0.717, 1.165) is 0 Å². The van der Waals surface area contributed by atoms with Crippen molar-refractivity contribution in [2.24, 2.45) is 0 Å². The second-order valence-corrected chi connectivity index (χ2v) is 2.39. The molecule has 0 amide bonds. The molecule has 1 N–H and O–H groups in total. The zero-order valence-electron chi connectivity index (χ0n) is 6.70. The highest BCUT2D eigenvalue weighted by atomic mass is 16.3. The van der Waals surface area contributed by atoms with Gasteiger partial charge < -0.3 is 5.11 Å². The van der Waals surface area contributed by atoms with E-state index in [1.807, 2.05) is 0 Å². The number of hydrogen-bond acceptors (Lipinski definition) is 5. The minimum atomic E-state index is -0.0579. The van der Waals surface area contributed by atoms with E-state index in [4.69, 9.17) is 5.11 Å². The van der Waals surface area contributed by atoms with Crippen LogP contribution in [0.25, 0.3) is 5.95 Å². The Bertz CT molecular complexity index is 368. The maximum Gasteiger partial charge on any atom is 0.251 e. The third-order valence-corrected chi connectivity index (χ3v) is 1.50. The van der Waals surface area contributed by atoms with E-state index in [9.17, 15) is 0 Å². The van der Waals surface area contributed by atoms with Crippen molar-refractivity contribution in [2.75, 3.05) is 0 Å². The van der Waals surface area contributed by atoms with E-state index in [-0.39, 0.29) is 6.61 Å². The molecule has 0 aromatic carbocycles. The Morgan fingerprint density at radius 3 is 2.62 bits per heavy atom. The van der Waals surface area contributed by atoms with Gasteiger partial charge in [0.15, 0.2) is 0 Å². The summed E-state index contributed by atoms with van der Waals surface area (Å²) in [5.41, 5.74) is 0.670. The standard InChI is InChI=1S/C7H7N5O/c13-3-6-1-9-7(10-2-6)12-5-8-4-11-12/h1-2,4-5,13H,3H2. The average Bonchev–Trinajstić information content (AvgIpc) is 2.71. The third-order valence-electron chi connectivity index (χ3n) is 1.50. The zero-order chi connectivity index (χ0) is 9.10. The highest BCUT2D eigenvalue weighted by molar-refractivity contribution is 5.11. The fraction of sp³-hybridized carbons (Fsp3) is 0.143. The van der Waals surface area contributed by atoms with Crippen molar-refractivity contribution < 1.29 is 5.11 Å². The molecule has 0 bridgehead atoms. The normalized spacial score (nSPS) is 10.2. The second kappa shape index (κ2) is 3.28. The van der Waals surface area contributed by atoms with Crippen LogP contribution in [0.4, 0.5) is 0 Å². The Kier molecular flexibility index (Phi) is 1.97. The van der Waals surface area contributed by atoms with Crippen LogP contribution < -0.4 is 0 Å². The van der Waals surface area contributed by atoms with E-state index in [1.165, 1.54) is 17.3 Å². The van der Waals surface area contributed by atoms with Crippen molar-refractivity contribution in [2.45, 2.75) is 6.61 Å². The summed E-state index contributed by atoms with van der Waals surface area (Å²) in [7, 11) is 0. The van der Waals surface area contributed by atoms with Gasteiger partial charge in [0.2, 0.25) is 0 Å². The minimum Gasteiger partial charge on any atom is -0.392 e. The number of aliphatic hydroxyl groups is 1. The Morgan fingerprint density at radius 1 is 1.31 bits per heavy atom. The molecular formula is C7H7N5O. The summed E-state index contributed by atoms with van der Waals surface area (Å²) in [5, 5.41) is 12.6. The number of hydrogen-bond donors (Lipinski definition) is 1. The summed E-state index contributed by atoms with van der Waals surface area (Å²) in [6.45, 7) is -0.0579. The average molecular weight is 177 g/mol. The van der Waals surface area contributed by atoms with Crippen LogP contribution in [0.5, 0.6) is 0 Å². The number of aromatic nitrogens is 5. The number of nitrogens with zero attached hydrogens (tertiary/aromatic N) is 5. The van der Waals surface area contributed by atoms with Gasteiger partial charge in [-0.15, -0.1) is 0 Å². The predicted molar refractivity (Wildman–Crippen MR) is 42.9 cm³/mol. The SMILES string of the molecule is OCc1cnc(-n2cncn2)nc1. The summed E-state index contributed by atoms with van der Waals surface area (Å²) in [6, 6.07) is 0. The Labute approximate surface area is 73.9 Å². The molecule has 2 aromatic heterocycles. The van der Waals surface area contributed by atoms with Crippen molar-refractivity contribution >= 4 is 0 Å². The van der Waals surface area contributed by atoms with Gasteiger partial charge in [-0.3, -0.25) is 0 Å². The first-order chi connectivity index (χ1) is 6.40. The molecule has 2 heterocycles. The van der Waals surface area contributed by atoms with Crippen LogP contribution in [0, 0.1) is 0 Å². The molecule has 0 spiro atoms. The van der Waals surface area contributed by atoms with Gasteiger partial charge >= 0.3 is 0 Å². The zero-order valence-corrected chi connectivity index (χ0v) is 6.70. The molecule has 2 rings (SSSR count). The van der Waals surface area contributed by atoms with Gasteiger partial charge in [0, 0.05) is 18.0 Å². The van der Waals surface area contributed by atoms with Crippen molar-refractivity contribution in [1.29, 1.82) is 0 Å². The summed E-state index contributed by atoms with van der Waals surface area (Å²) < 4.78 is 1.45. The first-order valence-electron chi connectivity index (χ1n) is 3.67. The third kappa shape index (κ3) is 1.52. The summed E-state index contributed by atoms with van der Waals surface area (Å²) in [6.07, 6.45) is 6.01. The summed E-state index contributed by atoms with van der Waals surface area (Å²) in [5.74, 6) is 0.440. The van der Waals surface area contributed by atoms with E-state index < -0.39 is 0 Å². The molecule has 0 atom stereocenters. The second-order valence-electron chi connectivity index (χ2n) is 2.39. The molecule has 13 heavy (non-hydrogen) atoms. The maximum absolute atomic E-state index is 8.74. The molecule has 6 nitrogen and oxygen atoms in total. The van der Waals surface area contributed by atoms with Crippen LogP contribution >= 0.6 is 0 Å². The number of rotatable bonds is 2. The van der Waals surface area contributed by atoms with E-state index in [0.29, 0.717) is 11.5 Å². The maximum atomic E-state index is 8.74. The van der Waals surface area contributed by atoms with Crippen LogP contribution in [0.3, 0.4) is 0 Å². The van der Waals surface area contributed by atoms with Crippen molar-refractivity contribution in [3.8, 4) is 5.95 Å². The number of aliphatic hydroxyl groups excluding tert-OH is 1. The molecule has 0 aliphatic carbocycles. The molecule has 2 aromatic rings. The van der Waals surface area contributed by atoms with Gasteiger partial charge in [-0.05, 0) is 0 Å². The monoisotopic (exact) mass is 177 g/mol. The molecule has 0 fully saturated rings. The highest BCUT2D eigenvalue weighted by Gasteiger charge is 1.99. The molecule has 0 aliphatic heterocycles. The van der Waals surface area contributed by atoms with Gasteiger partial charge in [0.25, 0.3) is 5.95 Å². The summed E-state index contributed by atoms with van der Waals surface area (Å²) >= 11 is 0. The van der Waals surface area contributed by atoms with Crippen molar-refractivity contribution in [3.63, 3.8) is 0 Å². The summed E-state index contributed by atoms with van der Waals surface area (Å²) in [4.78, 5) is 11.7. The van der Waals surface area contributed by atoms with E-state index in [2.05, 4.69) is 20.1 Å². The molecule has 0 saturated carbocycles. The lowest BCUT2D eigenvalue weighted by atomic mass is 10.4. The Balaban J connectivity index is 2.33. The van der Waals surface area contributed by atoms with Gasteiger partial charge in [-0.1, -0.05) is 0 Å². The first kappa shape index (κ1) is 7.81. The highest BCUT2D eigenvalue weighted by Crippen LogP contribution is 1.98. The van der Waals surface area contributed by atoms with Crippen LogP contribution in [0.2, 0.25) is 0 Å². The topological polar surface area (TPSA) is 76.7 Å². The van der Waals surface area contributed by atoms with Gasteiger partial charge in [0.1, 0.15) is 12.7 Å². The van der Waals surface area contributed by atoms with Crippen LogP contribution in [-0.4, -0.2) is 29.8 Å². The molecule has 0 radical (unpaired) electrons. The smallest absolute Gasteiger partial charge is 0.251 e. The molecule has 0 aliphatic rings. The Morgan fingerprint density at radius 2 is 2.08 bits per heavy atom. The van der Waals surface area contributed by atoms with Gasteiger partial charge in [-0.25, -0.2) is 15.0 Å². The van der Waals surface area contributed by atoms with Gasteiger partial charge in [0.05, 0.1) is 6.61 Å². The van der Waals surface area contributed by atoms with E-state index in [1.54, 1.807) is 12.4 Å². The molecule has 66 valence electrons. The lowest BCUT2D eigenvalue weighted by Gasteiger charge is -1.98. The fourth-order valence-corrected chi connectivity index (χ4v) is 0.859. The van der Waals surface area contributed by atoms with Crippen LogP contribution in [-0.2, 0) is 6.61 Å². The largest absolute Gasteiger partial charge is 0.392 e. The Hall–Kier alpha value is -1.82. The fourth-order valence-electron chi connectivity index (χ4n) is 0.859. The minimum absolute atomic E-state index is 0.0579. The van der Waals surface area contributed by atoms with E-state index >= 15 is 0 Å². The molecule has 0 saturated heterocycles. The van der Waals surface area contributed by atoms with Crippen LogP contribution in [0.1, 0.15) is 5.56 Å². The van der Waals surface area contributed by atoms with Crippen LogP contribution in [0.15, 0.2) is 25.0 Å². The first-order valence-corrected chi connectivity index (χ1v) is 3.67. The van der Waals surface area contributed by atoms with Crippen molar-refractivity contribution in [3.05, 3.63) is 30.6 Å². The quantitative estimate of drug-likeness (QED) is 0.672. The molecular weight excluding hydrogens is 170 g/mol. The molecule has 0 unspecified atom stereocenters.